The van der Waals surface area contributed by atoms with Crippen LogP contribution < -0.4 is 10.2 Å². The molecule has 0 spiro atoms. The molecule has 31 heavy (non-hydrogen) atoms. The van der Waals surface area contributed by atoms with Gasteiger partial charge in [0.2, 0.25) is 0 Å². The number of hydrogen-bond acceptors (Lipinski definition) is 4. The number of furan rings is 1. The number of aryl methyl sites for hydroxylation is 2. The van der Waals surface area contributed by atoms with Gasteiger partial charge in [-0.2, -0.15) is 0 Å². The molecular weight excluding hydrogens is 386 g/mol. The summed E-state index contributed by atoms with van der Waals surface area (Å²) in [5.41, 5.74) is 4.60. The van der Waals surface area contributed by atoms with Gasteiger partial charge in [0.15, 0.2) is 0 Å². The van der Waals surface area contributed by atoms with Gasteiger partial charge in [-0.15, -0.1) is 0 Å². The third-order valence-corrected chi connectivity index (χ3v) is 6.30. The van der Waals surface area contributed by atoms with E-state index in [2.05, 4.69) is 48.0 Å². The number of anilines is 2. The Hall–Kier alpha value is -2.79. The Bertz CT molecular complexity index is 1050. The lowest BCUT2D eigenvalue weighted by Gasteiger charge is -2.35. The maximum Gasteiger partial charge on any atom is 0.259 e. The molecule has 0 aliphatic carbocycles. The Balaban J connectivity index is 1.54. The van der Waals surface area contributed by atoms with Gasteiger partial charge in [-0.05, 0) is 49.7 Å². The van der Waals surface area contributed by atoms with E-state index in [1.807, 2.05) is 30.3 Å². The molecule has 2 aromatic carbocycles. The van der Waals surface area contributed by atoms with Crippen molar-refractivity contribution in [2.24, 2.45) is 0 Å². The Labute approximate surface area is 185 Å². The minimum Gasteiger partial charge on any atom is -0.460 e. The average Bonchev–Trinajstić information content (AvgIpc) is 3.17. The average molecular weight is 420 g/mol. The molecule has 0 bridgehead atoms. The highest BCUT2D eigenvalue weighted by Crippen LogP contribution is 2.29. The zero-order valence-corrected chi connectivity index (χ0v) is 18.9. The number of nitrogens with one attached hydrogen (secondary N) is 1. The summed E-state index contributed by atoms with van der Waals surface area (Å²) in [6, 6.07) is 14.1. The van der Waals surface area contributed by atoms with Crippen LogP contribution in [0.25, 0.3) is 11.0 Å². The van der Waals surface area contributed by atoms with Crippen LogP contribution in [0, 0.1) is 6.92 Å². The van der Waals surface area contributed by atoms with Gasteiger partial charge in [-0.1, -0.05) is 38.5 Å². The van der Waals surface area contributed by atoms with Crippen LogP contribution >= 0.6 is 0 Å². The van der Waals surface area contributed by atoms with Gasteiger partial charge in [-0.3, -0.25) is 4.79 Å². The largest absolute Gasteiger partial charge is 0.460 e. The second kappa shape index (κ2) is 9.56. The van der Waals surface area contributed by atoms with Gasteiger partial charge in [0.1, 0.15) is 11.3 Å². The van der Waals surface area contributed by atoms with Crippen molar-refractivity contribution in [3.05, 3.63) is 59.4 Å². The number of para-hydroxylation sites is 1. The molecule has 3 aromatic rings. The SMILES string of the molecule is CCCCc1oc2ccccc2c1C(=O)Nc1ccc(N2CCN(CC)CC2)cc1C. The van der Waals surface area contributed by atoms with E-state index in [-0.39, 0.29) is 5.91 Å². The molecule has 1 N–H and O–H groups in total. The van der Waals surface area contributed by atoms with Crippen LogP contribution in [0.1, 0.15) is 48.4 Å². The van der Waals surface area contributed by atoms with Crippen LogP contribution in [0.15, 0.2) is 46.9 Å². The quantitative estimate of drug-likeness (QED) is 0.551. The summed E-state index contributed by atoms with van der Waals surface area (Å²) in [7, 11) is 0. The van der Waals surface area contributed by atoms with Crippen LogP contribution in [-0.2, 0) is 6.42 Å². The number of carbonyl (C=O) groups excluding carboxylic acids is 1. The number of amides is 1. The number of benzene rings is 2. The van der Waals surface area contributed by atoms with Crippen molar-refractivity contribution in [2.45, 2.75) is 40.0 Å². The smallest absolute Gasteiger partial charge is 0.259 e. The summed E-state index contributed by atoms with van der Waals surface area (Å²) in [5, 5.41) is 4.03. The Morgan fingerprint density at radius 3 is 2.55 bits per heavy atom. The number of rotatable bonds is 7. The van der Waals surface area contributed by atoms with Crippen LogP contribution in [0.5, 0.6) is 0 Å². The Morgan fingerprint density at radius 1 is 1.06 bits per heavy atom. The first-order valence-corrected chi connectivity index (χ1v) is 11.5. The lowest BCUT2D eigenvalue weighted by atomic mass is 10.1. The minimum absolute atomic E-state index is 0.0940. The van der Waals surface area contributed by atoms with Crippen LogP contribution in [0.4, 0.5) is 11.4 Å². The van der Waals surface area contributed by atoms with E-state index < -0.39 is 0 Å². The van der Waals surface area contributed by atoms with Crippen molar-refractivity contribution >= 4 is 28.3 Å². The molecule has 0 unspecified atom stereocenters. The number of likely N-dealkylation sites (N-methyl/N-ethyl adjacent to an activating group) is 1. The van der Waals surface area contributed by atoms with E-state index in [0.717, 1.165) is 80.0 Å². The molecule has 0 radical (unpaired) electrons. The molecule has 164 valence electrons. The van der Waals surface area contributed by atoms with Crippen molar-refractivity contribution in [3.63, 3.8) is 0 Å². The summed E-state index contributed by atoms with van der Waals surface area (Å²) in [6.07, 6.45) is 2.83. The van der Waals surface area contributed by atoms with Crippen LogP contribution in [0.2, 0.25) is 0 Å². The molecule has 1 fully saturated rings. The van der Waals surface area contributed by atoms with Crippen LogP contribution in [0.3, 0.4) is 0 Å². The number of hydrogen-bond donors (Lipinski definition) is 1. The summed E-state index contributed by atoms with van der Waals surface area (Å²) in [6.45, 7) is 11.8. The van der Waals surface area contributed by atoms with Gasteiger partial charge in [0.05, 0.1) is 5.56 Å². The second-order valence-corrected chi connectivity index (χ2v) is 8.37. The maximum absolute atomic E-state index is 13.3. The minimum atomic E-state index is -0.0940. The molecular formula is C26H33N3O2. The summed E-state index contributed by atoms with van der Waals surface area (Å²) >= 11 is 0. The number of fused-ring (bicyclic) bond motifs is 1. The molecule has 4 rings (SSSR count). The van der Waals surface area contributed by atoms with Gasteiger partial charge in [0.25, 0.3) is 5.91 Å². The van der Waals surface area contributed by atoms with Crippen molar-refractivity contribution < 1.29 is 9.21 Å². The summed E-state index contributed by atoms with van der Waals surface area (Å²) in [5.74, 6) is 0.687. The highest BCUT2D eigenvalue weighted by atomic mass is 16.3. The molecule has 1 aliphatic heterocycles. The number of nitrogens with zero attached hydrogens (tertiary/aromatic N) is 2. The Morgan fingerprint density at radius 2 is 1.84 bits per heavy atom. The van der Waals surface area contributed by atoms with Gasteiger partial charge in [-0.25, -0.2) is 0 Å². The summed E-state index contributed by atoms with van der Waals surface area (Å²) < 4.78 is 6.04. The normalized spacial score (nSPS) is 14.9. The highest BCUT2D eigenvalue weighted by molar-refractivity contribution is 6.13. The predicted molar refractivity (Wildman–Crippen MR) is 128 cm³/mol. The fourth-order valence-electron chi connectivity index (χ4n) is 4.35. The lowest BCUT2D eigenvalue weighted by Crippen LogP contribution is -2.46. The standard InChI is InChI=1S/C26H33N3O2/c1-4-6-10-24-25(21-9-7-8-11-23(21)31-24)26(30)27-22-13-12-20(18-19(22)3)29-16-14-28(5-2)15-17-29/h7-9,11-13,18H,4-6,10,14-17H2,1-3H3,(H,27,30). The Kier molecular flexibility index (Phi) is 6.62. The molecule has 5 nitrogen and oxygen atoms in total. The number of piperazine rings is 1. The number of unbranched alkanes of at least 4 members (excludes halogenated alkanes) is 1. The zero-order valence-electron chi connectivity index (χ0n) is 18.9. The molecule has 1 amide bonds. The molecule has 1 saturated heterocycles. The first-order valence-electron chi connectivity index (χ1n) is 11.5. The fourth-order valence-corrected chi connectivity index (χ4v) is 4.35. The fraction of sp³-hybridized carbons (Fsp3) is 0.423. The van der Waals surface area contributed by atoms with Gasteiger partial charge >= 0.3 is 0 Å². The molecule has 1 aromatic heterocycles. The first kappa shape index (κ1) is 21.4. The van der Waals surface area contributed by atoms with Crippen LogP contribution in [-0.4, -0.2) is 43.5 Å². The molecule has 5 heteroatoms. The van der Waals surface area contributed by atoms with Crippen molar-refractivity contribution in [3.8, 4) is 0 Å². The maximum atomic E-state index is 13.3. The predicted octanol–water partition coefficient (Wildman–Crippen LogP) is 5.48. The van der Waals surface area contributed by atoms with Gasteiger partial charge in [0, 0.05) is 49.4 Å². The lowest BCUT2D eigenvalue weighted by molar-refractivity contribution is 0.102. The second-order valence-electron chi connectivity index (χ2n) is 8.37. The van der Waals surface area contributed by atoms with E-state index in [9.17, 15) is 4.79 Å². The van der Waals surface area contributed by atoms with E-state index in [1.54, 1.807) is 0 Å². The van der Waals surface area contributed by atoms with Crippen molar-refractivity contribution in [2.75, 3.05) is 42.9 Å². The van der Waals surface area contributed by atoms with E-state index in [4.69, 9.17) is 4.42 Å². The number of carbonyl (C=O) groups is 1. The van der Waals surface area contributed by atoms with E-state index in [1.165, 1.54) is 5.69 Å². The van der Waals surface area contributed by atoms with E-state index >= 15 is 0 Å². The van der Waals surface area contributed by atoms with Crippen molar-refractivity contribution in [1.29, 1.82) is 0 Å². The highest BCUT2D eigenvalue weighted by Gasteiger charge is 2.21. The summed E-state index contributed by atoms with van der Waals surface area (Å²) in [4.78, 5) is 18.2. The first-order chi connectivity index (χ1) is 15.1. The monoisotopic (exact) mass is 419 g/mol. The molecule has 0 atom stereocenters. The molecule has 2 heterocycles. The van der Waals surface area contributed by atoms with Gasteiger partial charge < -0.3 is 19.5 Å². The zero-order chi connectivity index (χ0) is 21.8. The molecule has 1 aliphatic rings. The van der Waals surface area contributed by atoms with E-state index in [0.29, 0.717) is 5.56 Å². The van der Waals surface area contributed by atoms with Crippen molar-refractivity contribution in [1.82, 2.24) is 4.90 Å². The topological polar surface area (TPSA) is 48.7 Å². The third-order valence-electron chi connectivity index (χ3n) is 6.30. The molecule has 0 saturated carbocycles. The third kappa shape index (κ3) is 4.62.